The summed E-state index contributed by atoms with van der Waals surface area (Å²) in [4.78, 5) is 41.9. The quantitative estimate of drug-likeness (QED) is 0.201. The number of carbonyl (C=O) groups excluding carboxylic acids is 1. The monoisotopic (exact) mass is 604 g/mol. The third-order valence-corrected chi connectivity index (χ3v) is 8.60. The predicted octanol–water partition coefficient (Wildman–Crippen LogP) is 2.13. The minimum absolute atomic E-state index is 0.0955. The van der Waals surface area contributed by atoms with E-state index in [1.54, 1.807) is 0 Å². The number of ether oxygens (including phenoxy) is 2. The SMILES string of the molecule is CCCCOc1nc(N)c2[nH]c(=O)n(Cc3ccc(CN4CCC(c5nnc6n5CCN(C)C6)CC4)cc3C(=O)OC)c2n1. The van der Waals surface area contributed by atoms with Gasteiger partial charge < -0.3 is 24.8 Å². The number of piperidine rings is 1. The summed E-state index contributed by atoms with van der Waals surface area (Å²) in [6, 6.07) is 5.85. The van der Waals surface area contributed by atoms with Gasteiger partial charge in [-0.15, -0.1) is 10.2 Å². The van der Waals surface area contributed by atoms with Gasteiger partial charge in [-0.1, -0.05) is 25.5 Å². The van der Waals surface area contributed by atoms with E-state index in [0.717, 1.165) is 75.6 Å². The summed E-state index contributed by atoms with van der Waals surface area (Å²) in [5.41, 5.74) is 8.39. The molecule has 0 radical (unpaired) electrons. The predicted molar refractivity (Wildman–Crippen MR) is 163 cm³/mol. The first-order valence-corrected chi connectivity index (χ1v) is 15.3. The van der Waals surface area contributed by atoms with E-state index in [0.29, 0.717) is 41.4 Å². The topological polar surface area (TPSA) is 162 Å². The summed E-state index contributed by atoms with van der Waals surface area (Å²) in [6.45, 7) is 7.96. The van der Waals surface area contributed by atoms with Crippen molar-refractivity contribution in [2.75, 3.05) is 46.1 Å². The third kappa shape index (κ3) is 6.04. The minimum atomic E-state index is -0.464. The van der Waals surface area contributed by atoms with E-state index in [1.165, 1.54) is 11.7 Å². The second kappa shape index (κ2) is 12.7. The molecule has 3 aromatic heterocycles. The lowest BCUT2D eigenvalue weighted by Crippen LogP contribution is -2.35. The Balaban J connectivity index is 1.17. The number of benzene rings is 1. The number of hydrogen-bond donors (Lipinski definition) is 2. The number of nitrogens with two attached hydrogens (primary N) is 1. The molecule has 2 aliphatic heterocycles. The molecular weight excluding hydrogens is 564 g/mol. The van der Waals surface area contributed by atoms with Crippen LogP contribution in [0.4, 0.5) is 5.82 Å². The van der Waals surface area contributed by atoms with Gasteiger partial charge in [0.15, 0.2) is 11.5 Å². The second-order valence-electron chi connectivity index (χ2n) is 11.7. The Morgan fingerprint density at radius 1 is 1.11 bits per heavy atom. The molecule has 2 aliphatic rings. The average molecular weight is 605 g/mol. The highest BCUT2D eigenvalue weighted by molar-refractivity contribution is 5.91. The lowest BCUT2D eigenvalue weighted by Gasteiger charge is -2.32. The van der Waals surface area contributed by atoms with Crippen LogP contribution in [0.3, 0.4) is 0 Å². The molecule has 0 unspecified atom stereocenters. The Morgan fingerprint density at radius 3 is 2.70 bits per heavy atom. The third-order valence-electron chi connectivity index (χ3n) is 8.60. The molecule has 0 atom stereocenters. The molecule has 0 bridgehead atoms. The number of aromatic amines is 1. The van der Waals surface area contributed by atoms with E-state index in [1.807, 2.05) is 18.2 Å². The van der Waals surface area contributed by atoms with Gasteiger partial charge in [-0.3, -0.25) is 14.4 Å². The van der Waals surface area contributed by atoms with Crippen LogP contribution in [0.5, 0.6) is 6.01 Å². The van der Waals surface area contributed by atoms with Crippen LogP contribution in [0.15, 0.2) is 23.0 Å². The summed E-state index contributed by atoms with van der Waals surface area (Å²) in [5, 5.41) is 9.02. The van der Waals surface area contributed by atoms with Crippen molar-refractivity contribution in [2.45, 2.75) is 64.7 Å². The Labute approximate surface area is 255 Å². The number of methoxy groups -OCH3 is 1. The van der Waals surface area contributed by atoms with Crippen molar-refractivity contribution in [3.8, 4) is 6.01 Å². The standard InChI is InChI=1S/C30H40N10O4/c1-4-5-14-44-29-33-25(31)24-27(34-29)40(30(42)32-24)17-21-7-6-19(15-22(21)28(41)43-3)16-38-10-8-20(9-11-38)26-36-35-23-18-37(2)12-13-39(23)26/h6-7,15,20H,4-5,8-14,16-18H2,1-3H3,(H,32,42)(H2,31,33,34). The molecule has 0 aliphatic carbocycles. The highest BCUT2D eigenvalue weighted by Gasteiger charge is 2.28. The fraction of sp³-hybridized carbons (Fsp3) is 0.533. The van der Waals surface area contributed by atoms with Crippen LogP contribution in [0.2, 0.25) is 0 Å². The maximum atomic E-state index is 13.0. The maximum absolute atomic E-state index is 13.0. The zero-order valence-electron chi connectivity index (χ0n) is 25.6. The largest absolute Gasteiger partial charge is 0.465 e. The maximum Gasteiger partial charge on any atom is 0.338 e. The van der Waals surface area contributed by atoms with E-state index in [-0.39, 0.29) is 18.4 Å². The summed E-state index contributed by atoms with van der Waals surface area (Å²) < 4.78 is 14.5. The van der Waals surface area contributed by atoms with Crippen LogP contribution in [0, 0.1) is 0 Å². The Kier molecular flexibility index (Phi) is 8.62. The smallest absolute Gasteiger partial charge is 0.338 e. The van der Waals surface area contributed by atoms with Crippen molar-refractivity contribution in [2.24, 2.45) is 0 Å². The van der Waals surface area contributed by atoms with Crippen LogP contribution >= 0.6 is 0 Å². The van der Waals surface area contributed by atoms with Crippen molar-refractivity contribution in [1.29, 1.82) is 0 Å². The first-order valence-electron chi connectivity index (χ1n) is 15.3. The number of carbonyl (C=O) groups is 1. The lowest BCUT2D eigenvalue weighted by molar-refractivity contribution is 0.0599. The molecule has 1 fully saturated rings. The molecule has 6 rings (SSSR count). The van der Waals surface area contributed by atoms with Crippen molar-refractivity contribution >= 4 is 23.0 Å². The molecular formula is C30H40N10O4. The van der Waals surface area contributed by atoms with Gasteiger partial charge in [0.2, 0.25) is 0 Å². The van der Waals surface area contributed by atoms with Crippen LogP contribution in [-0.2, 0) is 30.9 Å². The Bertz CT molecular complexity index is 1700. The number of nitrogens with one attached hydrogen (secondary N) is 1. The number of fused-ring (bicyclic) bond motifs is 2. The zero-order valence-corrected chi connectivity index (χ0v) is 25.6. The van der Waals surface area contributed by atoms with E-state index in [9.17, 15) is 9.59 Å². The molecule has 1 aromatic carbocycles. The van der Waals surface area contributed by atoms with E-state index < -0.39 is 11.7 Å². The molecule has 5 heterocycles. The number of esters is 1. The van der Waals surface area contributed by atoms with Crippen molar-refractivity contribution in [3.63, 3.8) is 0 Å². The summed E-state index contributed by atoms with van der Waals surface area (Å²) in [7, 11) is 3.47. The lowest BCUT2D eigenvalue weighted by atomic mass is 9.95. The normalized spacial score (nSPS) is 16.3. The van der Waals surface area contributed by atoms with Crippen LogP contribution < -0.4 is 16.2 Å². The summed E-state index contributed by atoms with van der Waals surface area (Å²) in [5.74, 6) is 2.23. The summed E-state index contributed by atoms with van der Waals surface area (Å²) in [6.07, 6.45) is 3.82. The molecule has 3 N–H and O–H groups in total. The number of anilines is 1. The Hall–Kier alpha value is -4.30. The van der Waals surface area contributed by atoms with Gasteiger partial charge in [0.1, 0.15) is 17.2 Å². The van der Waals surface area contributed by atoms with Gasteiger partial charge in [0.05, 0.1) is 32.4 Å². The number of likely N-dealkylation sites (N-methyl/N-ethyl adjacent to an activating group) is 1. The molecule has 234 valence electrons. The zero-order chi connectivity index (χ0) is 30.8. The van der Waals surface area contributed by atoms with Crippen molar-refractivity contribution in [1.82, 2.24) is 44.1 Å². The number of H-pyrrole nitrogens is 1. The number of nitrogens with zero attached hydrogens (tertiary/aromatic N) is 8. The molecule has 14 nitrogen and oxygen atoms in total. The fourth-order valence-corrected chi connectivity index (χ4v) is 6.09. The highest BCUT2D eigenvalue weighted by Crippen LogP contribution is 2.29. The first kappa shape index (κ1) is 29.8. The van der Waals surface area contributed by atoms with E-state index in [2.05, 4.69) is 53.5 Å². The average Bonchev–Trinajstić information content (AvgIpc) is 3.58. The van der Waals surface area contributed by atoms with Crippen LogP contribution in [0.25, 0.3) is 11.2 Å². The number of hydrogen-bond acceptors (Lipinski definition) is 11. The van der Waals surface area contributed by atoms with Crippen molar-refractivity contribution in [3.05, 3.63) is 57.0 Å². The first-order chi connectivity index (χ1) is 21.3. The van der Waals surface area contributed by atoms with Gasteiger partial charge in [-0.05, 0) is 56.6 Å². The van der Waals surface area contributed by atoms with Crippen molar-refractivity contribution < 1.29 is 14.3 Å². The van der Waals surface area contributed by atoms with Gasteiger partial charge in [-0.25, -0.2) is 9.59 Å². The van der Waals surface area contributed by atoms with Gasteiger partial charge in [-0.2, -0.15) is 9.97 Å². The molecule has 14 heteroatoms. The van der Waals surface area contributed by atoms with E-state index in [4.69, 9.17) is 15.2 Å². The van der Waals surface area contributed by atoms with Gasteiger partial charge in [0.25, 0.3) is 0 Å². The minimum Gasteiger partial charge on any atom is -0.465 e. The molecule has 4 aromatic rings. The van der Waals surface area contributed by atoms with Gasteiger partial charge >= 0.3 is 17.7 Å². The van der Waals surface area contributed by atoms with Crippen LogP contribution in [0.1, 0.15) is 71.7 Å². The summed E-state index contributed by atoms with van der Waals surface area (Å²) >= 11 is 0. The molecule has 0 spiro atoms. The number of imidazole rings is 1. The molecule has 0 amide bonds. The number of aromatic nitrogens is 7. The number of nitrogen functional groups attached to an aromatic ring is 1. The number of rotatable bonds is 10. The number of likely N-dealkylation sites (tertiary alicyclic amines) is 1. The van der Waals surface area contributed by atoms with Gasteiger partial charge in [0, 0.05) is 25.6 Å². The molecule has 1 saturated heterocycles. The van der Waals surface area contributed by atoms with E-state index >= 15 is 0 Å². The molecule has 44 heavy (non-hydrogen) atoms. The highest BCUT2D eigenvalue weighted by atomic mass is 16.5. The number of unbranched alkanes of at least 4 members (excludes halogenated alkanes) is 1. The Morgan fingerprint density at radius 2 is 1.93 bits per heavy atom. The molecule has 0 saturated carbocycles. The second-order valence-corrected chi connectivity index (χ2v) is 11.7. The fourth-order valence-electron chi connectivity index (χ4n) is 6.09. The van der Waals surface area contributed by atoms with Crippen LogP contribution in [-0.4, -0.2) is 90.5 Å².